The lowest BCUT2D eigenvalue weighted by Gasteiger charge is -2.33. The van der Waals surface area contributed by atoms with Crippen molar-refractivity contribution >= 4 is 11.9 Å². The highest BCUT2D eigenvalue weighted by molar-refractivity contribution is 5.93. The smallest absolute Gasteiger partial charge is 0.318 e. The van der Waals surface area contributed by atoms with Crippen LogP contribution < -0.4 is 0 Å². The molecule has 0 amide bonds. The number of aromatic hydroxyl groups is 1. The maximum absolute atomic E-state index is 11.4. The highest BCUT2D eigenvalue weighted by Gasteiger charge is 2.33. The van der Waals surface area contributed by atoms with Gasteiger partial charge < -0.3 is 15.3 Å². The van der Waals surface area contributed by atoms with Gasteiger partial charge in [-0.05, 0) is 35.7 Å². The van der Waals surface area contributed by atoms with Gasteiger partial charge in [0, 0.05) is 11.1 Å². The summed E-state index contributed by atoms with van der Waals surface area (Å²) >= 11 is 0. The van der Waals surface area contributed by atoms with E-state index in [4.69, 9.17) is 0 Å². The molecule has 0 saturated carbocycles. The topological polar surface area (TPSA) is 94.8 Å². The Morgan fingerprint density at radius 3 is 1.55 bits per heavy atom. The maximum atomic E-state index is 11.4. The van der Waals surface area contributed by atoms with Gasteiger partial charge in [0.1, 0.15) is 5.75 Å². The van der Waals surface area contributed by atoms with Gasteiger partial charge in [0.05, 0.1) is 0 Å². The largest absolute Gasteiger partial charge is 0.507 e. The van der Waals surface area contributed by atoms with E-state index in [9.17, 15) is 24.9 Å². The van der Waals surface area contributed by atoms with Crippen LogP contribution in [0.25, 0.3) is 0 Å². The van der Waals surface area contributed by atoms with Gasteiger partial charge in [0.15, 0.2) is 5.92 Å². The van der Waals surface area contributed by atoms with Crippen LogP contribution in [-0.4, -0.2) is 27.3 Å². The second-order valence-corrected chi connectivity index (χ2v) is 9.45. The Bertz CT molecular complexity index is 663. The number of benzene rings is 1. The third kappa shape index (κ3) is 6.48. The van der Waals surface area contributed by atoms with E-state index in [1.54, 1.807) is 0 Å². The zero-order valence-corrected chi connectivity index (χ0v) is 18.8. The zero-order chi connectivity index (χ0) is 22.4. The first kappa shape index (κ1) is 25.0. The van der Waals surface area contributed by atoms with Crippen molar-refractivity contribution in [1.29, 1.82) is 0 Å². The van der Waals surface area contributed by atoms with Crippen molar-refractivity contribution in [2.24, 2.45) is 5.92 Å². The summed E-state index contributed by atoms with van der Waals surface area (Å²) < 4.78 is 0. The summed E-state index contributed by atoms with van der Waals surface area (Å²) in [6.45, 7) is 12.6. The molecule has 29 heavy (non-hydrogen) atoms. The van der Waals surface area contributed by atoms with E-state index in [1.165, 1.54) is 0 Å². The monoisotopic (exact) mass is 406 g/mol. The minimum atomic E-state index is -1.50. The fourth-order valence-electron chi connectivity index (χ4n) is 3.87. The van der Waals surface area contributed by atoms with Crippen LogP contribution in [0, 0.1) is 5.92 Å². The summed E-state index contributed by atoms with van der Waals surface area (Å²) in [5, 5.41) is 29.8. The van der Waals surface area contributed by atoms with Gasteiger partial charge in [-0.15, -0.1) is 0 Å². The van der Waals surface area contributed by atoms with Crippen molar-refractivity contribution in [3.8, 4) is 5.75 Å². The quantitative estimate of drug-likeness (QED) is 0.390. The van der Waals surface area contributed by atoms with Crippen molar-refractivity contribution in [3.05, 3.63) is 28.8 Å². The predicted molar refractivity (Wildman–Crippen MR) is 116 cm³/mol. The Kier molecular flexibility index (Phi) is 8.73. The molecule has 164 valence electrons. The van der Waals surface area contributed by atoms with Crippen LogP contribution in [0.4, 0.5) is 0 Å². The van der Waals surface area contributed by atoms with Crippen LogP contribution in [0.15, 0.2) is 12.1 Å². The molecule has 0 atom stereocenters. The Morgan fingerprint density at radius 1 is 0.862 bits per heavy atom. The molecule has 5 nitrogen and oxygen atoms in total. The van der Waals surface area contributed by atoms with Crippen molar-refractivity contribution in [2.75, 3.05) is 0 Å². The molecular formula is C24H38O5. The van der Waals surface area contributed by atoms with Crippen LogP contribution in [0.5, 0.6) is 5.75 Å². The third-order valence-electron chi connectivity index (χ3n) is 5.97. The Hall–Kier alpha value is -2.04. The van der Waals surface area contributed by atoms with E-state index >= 15 is 0 Å². The molecule has 1 rings (SSSR count). The number of hydrogen-bond donors (Lipinski definition) is 3. The van der Waals surface area contributed by atoms with Gasteiger partial charge >= 0.3 is 11.9 Å². The molecule has 5 heteroatoms. The second-order valence-electron chi connectivity index (χ2n) is 9.45. The number of carboxylic acid groups (broad SMARTS) is 2. The number of phenolic OH excluding ortho intramolecular Hbond substituents is 1. The molecule has 0 heterocycles. The molecule has 0 unspecified atom stereocenters. The van der Waals surface area contributed by atoms with Crippen LogP contribution in [0.1, 0.15) is 96.8 Å². The molecule has 0 fully saturated rings. The molecule has 0 bridgehead atoms. The van der Waals surface area contributed by atoms with E-state index in [2.05, 4.69) is 41.5 Å². The molecule has 0 radical (unpaired) electrons. The second kappa shape index (κ2) is 10.1. The lowest BCUT2D eigenvalue weighted by atomic mass is 9.73. The lowest BCUT2D eigenvalue weighted by Crippen LogP contribution is -2.27. The average Bonchev–Trinajstić information content (AvgIpc) is 2.62. The fraction of sp³-hybridized carbons (Fsp3) is 0.667. The van der Waals surface area contributed by atoms with Gasteiger partial charge in [0.25, 0.3) is 0 Å². The number of rotatable bonds is 12. The summed E-state index contributed by atoms with van der Waals surface area (Å²) in [4.78, 5) is 22.9. The molecule has 3 N–H and O–H groups in total. The molecular weight excluding hydrogens is 368 g/mol. The average molecular weight is 407 g/mol. The molecule has 0 spiro atoms. The van der Waals surface area contributed by atoms with E-state index < -0.39 is 17.9 Å². The minimum absolute atomic E-state index is 0.0985. The Balaban J connectivity index is 3.57. The molecule has 0 aliphatic rings. The Morgan fingerprint density at radius 2 is 1.24 bits per heavy atom. The number of aliphatic carboxylic acids is 2. The molecule has 0 aliphatic heterocycles. The normalized spacial score (nSPS) is 12.4. The standard InChI is InChI=1S/C24H38O5/c1-7-9-11-23(3,4)18-14-16(13-17(21(26)27)22(28)29)15-19(20(18)25)24(5,6)12-10-8-2/h14-15,17,25H,7-13H2,1-6H3,(H,26,27)(H,28,29). The zero-order valence-electron chi connectivity index (χ0n) is 18.8. The first-order chi connectivity index (χ1) is 13.4. The van der Waals surface area contributed by atoms with Gasteiger partial charge in [-0.3, -0.25) is 9.59 Å². The van der Waals surface area contributed by atoms with Crippen molar-refractivity contribution in [3.63, 3.8) is 0 Å². The lowest BCUT2D eigenvalue weighted by molar-refractivity contribution is -0.154. The van der Waals surface area contributed by atoms with E-state index in [-0.39, 0.29) is 23.0 Å². The van der Waals surface area contributed by atoms with E-state index in [1.807, 2.05) is 12.1 Å². The highest BCUT2D eigenvalue weighted by atomic mass is 16.4. The van der Waals surface area contributed by atoms with Crippen LogP contribution in [0.3, 0.4) is 0 Å². The van der Waals surface area contributed by atoms with Gasteiger partial charge in [-0.2, -0.15) is 0 Å². The van der Waals surface area contributed by atoms with Crippen LogP contribution in [-0.2, 0) is 26.8 Å². The van der Waals surface area contributed by atoms with Crippen molar-refractivity contribution in [2.45, 2.75) is 97.3 Å². The van der Waals surface area contributed by atoms with Gasteiger partial charge in [-0.1, -0.05) is 79.4 Å². The molecule has 0 aliphatic carbocycles. The number of carboxylic acids is 2. The first-order valence-electron chi connectivity index (χ1n) is 10.7. The number of phenols is 1. The van der Waals surface area contributed by atoms with E-state index in [0.29, 0.717) is 5.56 Å². The van der Waals surface area contributed by atoms with E-state index in [0.717, 1.165) is 49.7 Å². The first-order valence-corrected chi connectivity index (χ1v) is 10.7. The SMILES string of the molecule is CCCCC(C)(C)c1cc(CC(C(=O)O)C(=O)O)cc(C(C)(C)CCCC)c1O. The highest BCUT2D eigenvalue weighted by Crippen LogP contribution is 2.43. The molecule has 1 aromatic carbocycles. The van der Waals surface area contributed by atoms with Gasteiger partial charge in [0.2, 0.25) is 0 Å². The predicted octanol–water partition coefficient (Wildman–Crippen LogP) is 5.66. The minimum Gasteiger partial charge on any atom is -0.507 e. The number of hydrogen-bond acceptors (Lipinski definition) is 3. The van der Waals surface area contributed by atoms with Crippen molar-refractivity contribution in [1.82, 2.24) is 0 Å². The number of carbonyl (C=O) groups is 2. The molecule has 0 saturated heterocycles. The van der Waals surface area contributed by atoms with Crippen LogP contribution in [0.2, 0.25) is 0 Å². The van der Waals surface area contributed by atoms with Crippen LogP contribution >= 0.6 is 0 Å². The van der Waals surface area contributed by atoms with Gasteiger partial charge in [-0.25, -0.2) is 0 Å². The summed E-state index contributed by atoms with van der Waals surface area (Å²) in [7, 11) is 0. The summed E-state index contributed by atoms with van der Waals surface area (Å²) in [5.41, 5.74) is 1.60. The Labute approximate surface area is 175 Å². The summed E-state index contributed by atoms with van der Waals surface area (Å²) in [5.74, 6) is -3.93. The third-order valence-corrected chi connectivity index (χ3v) is 5.97. The molecule has 0 aromatic heterocycles. The summed E-state index contributed by atoms with van der Waals surface area (Å²) in [6, 6.07) is 3.62. The number of unbranched alkanes of at least 4 members (excludes halogenated alkanes) is 2. The fourth-order valence-corrected chi connectivity index (χ4v) is 3.87. The maximum Gasteiger partial charge on any atom is 0.318 e. The molecule has 1 aromatic rings. The summed E-state index contributed by atoms with van der Waals surface area (Å²) in [6.07, 6.45) is 5.78. The van der Waals surface area contributed by atoms with Crippen molar-refractivity contribution < 1.29 is 24.9 Å².